The molecular formula is C19H16F2N2O2. The second kappa shape index (κ2) is 5.95. The van der Waals surface area contributed by atoms with Gasteiger partial charge in [0.25, 0.3) is 5.91 Å². The first-order valence-electron chi connectivity index (χ1n) is 8.09. The van der Waals surface area contributed by atoms with Crippen molar-refractivity contribution in [3.63, 3.8) is 0 Å². The number of oxime groups is 1. The van der Waals surface area contributed by atoms with E-state index in [0.29, 0.717) is 6.54 Å². The number of nitrogens with zero attached hydrogens (tertiary/aromatic N) is 2. The van der Waals surface area contributed by atoms with Crippen molar-refractivity contribution in [2.24, 2.45) is 11.1 Å². The molecule has 25 heavy (non-hydrogen) atoms. The zero-order valence-electron chi connectivity index (χ0n) is 13.6. The Bertz CT molecular complexity index is 867. The molecule has 6 heteroatoms. The number of carbonyl (C=O) groups excluding carboxylic acids is 1. The molecule has 1 saturated heterocycles. The molecule has 0 radical (unpaired) electrons. The highest BCUT2D eigenvalue weighted by molar-refractivity contribution is 6.04. The van der Waals surface area contributed by atoms with Gasteiger partial charge in [0.15, 0.2) is 6.10 Å². The smallest absolute Gasteiger partial charge is 0.259 e. The normalized spacial score (nSPS) is 21.7. The van der Waals surface area contributed by atoms with E-state index < -0.39 is 23.1 Å². The molecule has 0 bridgehead atoms. The first-order valence-corrected chi connectivity index (χ1v) is 8.09. The van der Waals surface area contributed by atoms with E-state index in [4.69, 9.17) is 4.84 Å². The van der Waals surface area contributed by atoms with Gasteiger partial charge in [-0.3, -0.25) is 4.79 Å². The van der Waals surface area contributed by atoms with E-state index in [2.05, 4.69) is 5.16 Å². The van der Waals surface area contributed by atoms with Gasteiger partial charge in [-0.1, -0.05) is 41.6 Å². The minimum atomic E-state index is -0.844. The van der Waals surface area contributed by atoms with E-state index in [9.17, 15) is 13.6 Å². The van der Waals surface area contributed by atoms with Crippen molar-refractivity contribution in [2.75, 3.05) is 13.1 Å². The first kappa shape index (κ1) is 15.7. The van der Waals surface area contributed by atoms with Crippen molar-refractivity contribution < 1.29 is 18.4 Å². The number of hydrogen-bond donors (Lipinski definition) is 0. The maximum atomic E-state index is 14.3. The fourth-order valence-electron chi connectivity index (χ4n) is 3.39. The standard InChI is InChI=1S/C19H16F2N2O2/c1-11-7-8-14(20)16(17(11)21)19(24)23-9-13-15(10-23)25-22-18(13)12-5-3-2-4-6-12/h2-8,13,15H,9-10H2,1H3. The quantitative estimate of drug-likeness (QED) is 0.841. The molecule has 2 aliphatic heterocycles. The highest BCUT2D eigenvalue weighted by Gasteiger charge is 2.45. The average molecular weight is 342 g/mol. The van der Waals surface area contributed by atoms with E-state index in [1.807, 2.05) is 30.3 Å². The summed E-state index contributed by atoms with van der Waals surface area (Å²) in [6, 6.07) is 12.0. The van der Waals surface area contributed by atoms with Gasteiger partial charge in [-0.05, 0) is 24.1 Å². The summed E-state index contributed by atoms with van der Waals surface area (Å²) in [5.41, 5.74) is 1.44. The van der Waals surface area contributed by atoms with Gasteiger partial charge in [0.1, 0.15) is 17.2 Å². The zero-order chi connectivity index (χ0) is 17.6. The fraction of sp³-hybridized carbons (Fsp3) is 0.263. The fourth-order valence-corrected chi connectivity index (χ4v) is 3.39. The molecule has 1 amide bonds. The summed E-state index contributed by atoms with van der Waals surface area (Å²) in [5, 5.41) is 4.14. The lowest BCUT2D eigenvalue weighted by molar-refractivity contribution is 0.0625. The average Bonchev–Trinajstić information content (AvgIpc) is 3.20. The summed E-state index contributed by atoms with van der Waals surface area (Å²) in [6.45, 7) is 2.09. The Balaban J connectivity index is 1.59. The largest absolute Gasteiger partial charge is 0.390 e. The highest BCUT2D eigenvalue weighted by atomic mass is 19.1. The van der Waals surface area contributed by atoms with E-state index in [-0.39, 0.29) is 24.1 Å². The van der Waals surface area contributed by atoms with Crippen LogP contribution in [-0.4, -0.2) is 35.7 Å². The summed E-state index contributed by atoms with van der Waals surface area (Å²) in [4.78, 5) is 19.6. The van der Waals surface area contributed by atoms with Gasteiger partial charge in [-0.15, -0.1) is 0 Å². The van der Waals surface area contributed by atoms with Gasteiger partial charge in [-0.2, -0.15) is 0 Å². The number of carbonyl (C=O) groups is 1. The van der Waals surface area contributed by atoms with Crippen LogP contribution >= 0.6 is 0 Å². The van der Waals surface area contributed by atoms with Gasteiger partial charge in [0.2, 0.25) is 0 Å². The van der Waals surface area contributed by atoms with Crippen LogP contribution in [0.3, 0.4) is 0 Å². The number of hydrogen-bond acceptors (Lipinski definition) is 3. The van der Waals surface area contributed by atoms with Gasteiger partial charge >= 0.3 is 0 Å². The van der Waals surface area contributed by atoms with Crippen molar-refractivity contribution in [1.82, 2.24) is 4.90 Å². The number of benzene rings is 2. The Morgan fingerprint density at radius 3 is 2.68 bits per heavy atom. The molecule has 0 saturated carbocycles. The van der Waals surface area contributed by atoms with E-state index in [1.165, 1.54) is 17.9 Å². The summed E-state index contributed by atoms with van der Waals surface area (Å²) >= 11 is 0. The van der Waals surface area contributed by atoms with Crippen LogP contribution in [0, 0.1) is 24.5 Å². The minimum Gasteiger partial charge on any atom is -0.390 e. The molecule has 0 N–H and O–H groups in total. The molecule has 1 fully saturated rings. The second-order valence-electron chi connectivity index (χ2n) is 6.36. The predicted octanol–water partition coefficient (Wildman–Crippen LogP) is 3.15. The first-order chi connectivity index (χ1) is 12.1. The Morgan fingerprint density at radius 2 is 1.92 bits per heavy atom. The molecule has 0 aromatic heterocycles. The zero-order valence-corrected chi connectivity index (χ0v) is 13.6. The van der Waals surface area contributed by atoms with Crippen LogP contribution in [0.4, 0.5) is 8.78 Å². The maximum absolute atomic E-state index is 14.3. The Morgan fingerprint density at radius 1 is 1.16 bits per heavy atom. The van der Waals surface area contributed by atoms with Crippen LogP contribution in [0.5, 0.6) is 0 Å². The molecular weight excluding hydrogens is 326 g/mol. The molecule has 0 aliphatic carbocycles. The molecule has 0 spiro atoms. The maximum Gasteiger partial charge on any atom is 0.259 e. The Hall–Kier alpha value is -2.76. The molecule has 4 rings (SSSR count). The van der Waals surface area contributed by atoms with Crippen LogP contribution in [0.1, 0.15) is 21.5 Å². The third-order valence-electron chi connectivity index (χ3n) is 4.76. The van der Waals surface area contributed by atoms with Gasteiger partial charge in [-0.25, -0.2) is 8.78 Å². The lowest BCUT2D eigenvalue weighted by Crippen LogP contribution is -2.32. The topological polar surface area (TPSA) is 41.9 Å². The SMILES string of the molecule is Cc1ccc(F)c(C(=O)N2CC3ON=C(c4ccccc4)C3C2)c1F. The van der Waals surface area contributed by atoms with Crippen LogP contribution < -0.4 is 0 Å². The summed E-state index contributed by atoms with van der Waals surface area (Å²) in [7, 11) is 0. The number of fused-ring (bicyclic) bond motifs is 1. The summed E-state index contributed by atoms with van der Waals surface area (Å²) in [5.74, 6) is -2.39. The number of rotatable bonds is 2. The van der Waals surface area contributed by atoms with Crippen molar-refractivity contribution >= 4 is 11.6 Å². The van der Waals surface area contributed by atoms with Crippen LogP contribution in [0.25, 0.3) is 0 Å². The molecule has 2 aromatic carbocycles. The molecule has 2 aromatic rings. The Kier molecular flexibility index (Phi) is 3.75. The second-order valence-corrected chi connectivity index (χ2v) is 6.36. The molecule has 2 atom stereocenters. The molecule has 2 heterocycles. The monoisotopic (exact) mass is 342 g/mol. The lowest BCUT2D eigenvalue weighted by atomic mass is 9.95. The van der Waals surface area contributed by atoms with Crippen molar-refractivity contribution in [2.45, 2.75) is 13.0 Å². The van der Waals surface area contributed by atoms with E-state index in [1.54, 1.807) is 0 Å². The van der Waals surface area contributed by atoms with Gasteiger partial charge < -0.3 is 9.74 Å². The predicted molar refractivity (Wildman–Crippen MR) is 88.3 cm³/mol. The summed E-state index contributed by atoms with van der Waals surface area (Å²) in [6.07, 6.45) is -0.282. The van der Waals surface area contributed by atoms with Crippen LogP contribution in [-0.2, 0) is 4.84 Å². The molecule has 2 unspecified atom stereocenters. The summed E-state index contributed by atoms with van der Waals surface area (Å²) < 4.78 is 28.3. The van der Waals surface area contributed by atoms with Crippen molar-refractivity contribution in [3.05, 3.63) is 70.8 Å². The lowest BCUT2D eigenvalue weighted by Gasteiger charge is -2.18. The van der Waals surface area contributed by atoms with Crippen LogP contribution in [0.15, 0.2) is 47.6 Å². The third kappa shape index (κ3) is 2.58. The van der Waals surface area contributed by atoms with E-state index >= 15 is 0 Å². The third-order valence-corrected chi connectivity index (χ3v) is 4.76. The number of halogens is 2. The number of amides is 1. The van der Waals surface area contributed by atoms with Gasteiger partial charge in [0.05, 0.1) is 18.2 Å². The minimum absolute atomic E-state index is 0.0951. The van der Waals surface area contributed by atoms with Crippen LogP contribution in [0.2, 0.25) is 0 Å². The van der Waals surface area contributed by atoms with Crippen molar-refractivity contribution in [3.8, 4) is 0 Å². The van der Waals surface area contributed by atoms with Crippen molar-refractivity contribution in [1.29, 1.82) is 0 Å². The number of aryl methyl sites for hydroxylation is 1. The van der Waals surface area contributed by atoms with E-state index in [0.717, 1.165) is 17.3 Å². The molecule has 2 aliphatic rings. The molecule has 4 nitrogen and oxygen atoms in total. The van der Waals surface area contributed by atoms with Gasteiger partial charge in [0, 0.05) is 6.54 Å². The highest BCUT2D eigenvalue weighted by Crippen LogP contribution is 2.31. The molecule has 128 valence electrons. The Labute approximate surface area is 143 Å². The number of likely N-dealkylation sites (tertiary alicyclic amines) is 1.